The van der Waals surface area contributed by atoms with Crippen LogP contribution in [0.25, 0.3) is 74.9 Å². The molecule has 0 unspecified atom stereocenters. The van der Waals surface area contributed by atoms with Crippen molar-refractivity contribution in [2.24, 2.45) is 0 Å². The quantitative estimate of drug-likeness (QED) is 0.221. The SMILES string of the molecule is c1ccc(-c2c3ccccc3c(-c3nccc4c3sc3ccccc34)c3cc4ccccc4cc23)cc1. The molecule has 0 saturated heterocycles. The minimum absolute atomic E-state index is 1.06. The first-order valence-corrected chi connectivity index (χ1v) is 13.4. The Bertz CT molecular complexity index is 2140. The van der Waals surface area contributed by atoms with Crippen LogP contribution in [-0.2, 0) is 0 Å². The van der Waals surface area contributed by atoms with Crippen LogP contribution in [0, 0.1) is 0 Å². The fourth-order valence-corrected chi connectivity index (χ4v) is 7.06. The van der Waals surface area contributed by atoms with Crippen LogP contribution in [0.1, 0.15) is 0 Å². The fourth-order valence-electron chi connectivity index (χ4n) is 5.86. The molecule has 2 heteroatoms. The zero-order valence-corrected chi connectivity index (χ0v) is 20.8. The van der Waals surface area contributed by atoms with Gasteiger partial charge in [0, 0.05) is 27.2 Å². The lowest BCUT2D eigenvalue weighted by Gasteiger charge is -2.18. The molecule has 1 nitrogen and oxygen atoms in total. The average molecular weight is 488 g/mol. The van der Waals surface area contributed by atoms with E-state index in [1.54, 1.807) is 0 Å². The normalized spacial score (nSPS) is 11.8. The third-order valence-corrected chi connectivity index (χ3v) is 8.68. The molecule has 0 N–H and O–H groups in total. The van der Waals surface area contributed by atoms with Crippen LogP contribution in [0.15, 0.2) is 128 Å². The van der Waals surface area contributed by atoms with Crippen molar-refractivity contribution in [2.45, 2.75) is 0 Å². The molecule has 0 saturated carbocycles. The number of hydrogen-bond acceptors (Lipinski definition) is 2. The van der Waals surface area contributed by atoms with Crippen LogP contribution in [0.2, 0.25) is 0 Å². The van der Waals surface area contributed by atoms with Crippen molar-refractivity contribution in [2.75, 3.05) is 0 Å². The van der Waals surface area contributed by atoms with Gasteiger partial charge in [0.1, 0.15) is 0 Å². The summed E-state index contributed by atoms with van der Waals surface area (Å²) in [4.78, 5) is 5.07. The van der Waals surface area contributed by atoms with Crippen molar-refractivity contribution in [3.63, 3.8) is 0 Å². The number of benzene rings is 6. The molecule has 0 radical (unpaired) electrons. The van der Waals surface area contributed by atoms with Gasteiger partial charge < -0.3 is 0 Å². The molecule has 37 heavy (non-hydrogen) atoms. The lowest BCUT2D eigenvalue weighted by Crippen LogP contribution is -1.93. The molecular formula is C35H21NS. The van der Waals surface area contributed by atoms with Crippen molar-refractivity contribution in [3.8, 4) is 22.4 Å². The lowest BCUT2D eigenvalue weighted by atomic mass is 9.86. The molecule has 0 fully saturated rings. The molecule has 0 spiro atoms. The van der Waals surface area contributed by atoms with Crippen LogP contribution in [0.5, 0.6) is 0 Å². The molecule has 2 aromatic heterocycles. The van der Waals surface area contributed by atoms with E-state index in [-0.39, 0.29) is 0 Å². The van der Waals surface area contributed by atoms with Gasteiger partial charge in [0.2, 0.25) is 0 Å². The predicted octanol–water partition coefficient (Wildman–Crippen LogP) is 10.2. The Morgan fingerprint density at radius 2 is 1.05 bits per heavy atom. The summed E-state index contributed by atoms with van der Waals surface area (Å²) >= 11 is 1.84. The Kier molecular flexibility index (Phi) is 4.46. The van der Waals surface area contributed by atoms with Gasteiger partial charge >= 0.3 is 0 Å². The molecule has 0 amide bonds. The Hall–Kier alpha value is -4.53. The molecule has 172 valence electrons. The largest absolute Gasteiger partial charge is 0.255 e. The van der Waals surface area contributed by atoms with Crippen LogP contribution in [0.3, 0.4) is 0 Å². The van der Waals surface area contributed by atoms with E-state index in [1.165, 1.54) is 69.2 Å². The fraction of sp³-hybridized carbons (Fsp3) is 0. The first-order valence-electron chi connectivity index (χ1n) is 12.6. The molecule has 6 aromatic carbocycles. The number of fused-ring (bicyclic) bond motifs is 6. The number of nitrogens with zero attached hydrogens (tertiary/aromatic N) is 1. The summed E-state index contributed by atoms with van der Waals surface area (Å²) < 4.78 is 2.54. The van der Waals surface area contributed by atoms with E-state index in [9.17, 15) is 0 Å². The van der Waals surface area contributed by atoms with E-state index < -0.39 is 0 Å². The number of aromatic nitrogens is 1. The van der Waals surface area contributed by atoms with Crippen molar-refractivity contribution in [1.29, 1.82) is 0 Å². The number of hydrogen-bond donors (Lipinski definition) is 0. The van der Waals surface area contributed by atoms with E-state index in [1.807, 2.05) is 17.5 Å². The van der Waals surface area contributed by atoms with E-state index in [2.05, 4.69) is 121 Å². The van der Waals surface area contributed by atoms with Crippen LogP contribution in [0.4, 0.5) is 0 Å². The van der Waals surface area contributed by atoms with Gasteiger partial charge in [0.25, 0.3) is 0 Å². The standard InChI is InChI=1S/C35H21NS/c1-2-10-22(11-3-1)32-26-15-6-7-16-27(26)33(30-21-24-13-5-4-12-23(24)20-29(30)32)34-35-28(18-19-36-34)25-14-8-9-17-31(25)37-35/h1-21H. The van der Waals surface area contributed by atoms with Gasteiger partial charge in [0.05, 0.1) is 10.4 Å². The lowest BCUT2D eigenvalue weighted by molar-refractivity contribution is 1.38. The minimum Gasteiger partial charge on any atom is -0.255 e. The van der Waals surface area contributed by atoms with E-state index >= 15 is 0 Å². The second kappa shape index (κ2) is 7.99. The van der Waals surface area contributed by atoms with Crippen molar-refractivity contribution >= 4 is 63.8 Å². The third-order valence-electron chi connectivity index (χ3n) is 7.48. The highest BCUT2D eigenvalue weighted by molar-refractivity contribution is 7.26. The van der Waals surface area contributed by atoms with Crippen molar-refractivity contribution < 1.29 is 0 Å². The van der Waals surface area contributed by atoms with E-state index in [4.69, 9.17) is 4.98 Å². The Morgan fingerprint density at radius 3 is 1.81 bits per heavy atom. The summed E-state index contributed by atoms with van der Waals surface area (Å²) in [5.41, 5.74) is 4.80. The van der Waals surface area contributed by atoms with Crippen LogP contribution < -0.4 is 0 Å². The molecular weight excluding hydrogens is 466 g/mol. The molecule has 0 aliphatic heterocycles. The second-order valence-corrected chi connectivity index (χ2v) is 10.6. The summed E-state index contributed by atoms with van der Waals surface area (Å²) in [5.74, 6) is 0. The molecule has 0 aliphatic carbocycles. The summed E-state index contributed by atoms with van der Waals surface area (Å²) in [7, 11) is 0. The number of thiophene rings is 1. The van der Waals surface area contributed by atoms with Crippen molar-refractivity contribution in [1.82, 2.24) is 4.98 Å². The molecule has 0 atom stereocenters. The maximum atomic E-state index is 5.07. The Balaban J connectivity index is 1.62. The number of pyridine rings is 1. The first kappa shape index (κ1) is 20.6. The maximum absolute atomic E-state index is 5.07. The average Bonchev–Trinajstić information content (AvgIpc) is 3.34. The maximum Gasteiger partial charge on any atom is 0.0892 e. The monoisotopic (exact) mass is 487 g/mol. The van der Waals surface area contributed by atoms with E-state index in [0.29, 0.717) is 0 Å². The molecule has 8 aromatic rings. The van der Waals surface area contributed by atoms with Gasteiger partial charge in [-0.3, -0.25) is 4.98 Å². The van der Waals surface area contributed by atoms with Gasteiger partial charge in [-0.1, -0.05) is 97.1 Å². The summed E-state index contributed by atoms with van der Waals surface area (Å²) in [5, 5.41) is 10.1. The highest BCUT2D eigenvalue weighted by atomic mass is 32.1. The third kappa shape index (κ3) is 3.06. The summed E-state index contributed by atoms with van der Waals surface area (Å²) in [6.07, 6.45) is 1.98. The number of rotatable bonds is 2. The highest BCUT2D eigenvalue weighted by Crippen LogP contribution is 2.47. The van der Waals surface area contributed by atoms with Crippen LogP contribution >= 0.6 is 11.3 Å². The zero-order valence-electron chi connectivity index (χ0n) is 20.0. The van der Waals surface area contributed by atoms with Crippen molar-refractivity contribution in [3.05, 3.63) is 128 Å². The van der Waals surface area contributed by atoms with Gasteiger partial charge in [0.15, 0.2) is 0 Å². The van der Waals surface area contributed by atoms with Crippen LogP contribution in [-0.4, -0.2) is 4.98 Å². The summed E-state index contributed by atoms with van der Waals surface area (Å²) in [6, 6.07) is 43.9. The molecule has 2 heterocycles. The van der Waals surface area contributed by atoms with Gasteiger partial charge in [-0.15, -0.1) is 11.3 Å². The van der Waals surface area contributed by atoms with Gasteiger partial charge in [-0.25, -0.2) is 0 Å². The highest BCUT2D eigenvalue weighted by Gasteiger charge is 2.20. The minimum atomic E-state index is 1.06. The molecule has 0 aliphatic rings. The Labute approximate surface area is 218 Å². The summed E-state index contributed by atoms with van der Waals surface area (Å²) in [6.45, 7) is 0. The topological polar surface area (TPSA) is 12.9 Å². The Morgan fingerprint density at radius 1 is 0.459 bits per heavy atom. The second-order valence-electron chi connectivity index (χ2n) is 9.54. The van der Waals surface area contributed by atoms with Gasteiger partial charge in [-0.2, -0.15) is 0 Å². The molecule has 8 rings (SSSR count). The first-order chi connectivity index (χ1) is 18.4. The van der Waals surface area contributed by atoms with Gasteiger partial charge in [-0.05, 0) is 67.7 Å². The smallest absolute Gasteiger partial charge is 0.0892 e. The predicted molar refractivity (Wildman–Crippen MR) is 161 cm³/mol. The molecule has 0 bridgehead atoms. The zero-order chi connectivity index (χ0) is 24.3. The van der Waals surface area contributed by atoms with E-state index in [0.717, 1.165) is 5.69 Å².